The maximum atomic E-state index is 11.0. The number of hydrogen-bond donors (Lipinski definition) is 1. The smallest absolute Gasteiger partial charge is 0.374 e. The Balaban J connectivity index is 2.25. The Kier molecular flexibility index (Phi) is 3.95. The number of carboxylic acid groups (broad SMARTS) is 1. The minimum Gasteiger partial charge on any atom is -0.495 e. The zero-order valence-electron chi connectivity index (χ0n) is 12.4. The molecule has 22 heavy (non-hydrogen) atoms. The molecule has 0 radical (unpaired) electrons. The molecule has 1 heterocycles. The second-order valence-corrected chi connectivity index (χ2v) is 6.19. The van der Waals surface area contributed by atoms with Crippen LogP contribution in [-0.4, -0.2) is 23.3 Å². The molecule has 0 fully saturated rings. The van der Waals surface area contributed by atoms with Crippen LogP contribution in [0.1, 0.15) is 40.1 Å². The molecule has 0 unspecified atom stereocenters. The van der Waals surface area contributed by atoms with Crippen molar-refractivity contribution in [3.8, 4) is 17.0 Å². The molecule has 1 aliphatic rings. The molecule has 0 saturated heterocycles. The molecule has 0 atom stereocenters. The summed E-state index contributed by atoms with van der Waals surface area (Å²) < 4.78 is 11.4. The molecular weight excluding hydrogens is 350 g/mol. The lowest BCUT2D eigenvalue weighted by molar-refractivity contribution is 0.0652. The van der Waals surface area contributed by atoms with E-state index in [0.29, 0.717) is 11.4 Å². The number of rotatable bonds is 3. The van der Waals surface area contributed by atoms with Gasteiger partial charge in [-0.15, -0.1) is 0 Å². The maximum Gasteiger partial charge on any atom is 0.374 e. The van der Waals surface area contributed by atoms with Gasteiger partial charge in [0.2, 0.25) is 5.76 Å². The number of ether oxygens (including phenoxy) is 1. The van der Waals surface area contributed by atoms with Gasteiger partial charge in [0, 0.05) is 6.07 Å². The minimum atomic E-state index is -1.13. The van der Waals surface area contributed by atoms with Crippen molar-refractivity contribution in [1.82, 2.24) is 5.16 Å². The highest BCUT2D eigenvalue weighted by atomic mass is 79.9. The molecule has 2 aromatic rings. The van der Waals surface area contributed by atoms with Gasteiger partial charge in [0.05, 0.1) is 17.1 Å². The second kappa shape index (κ2) is 5.76. The molecule has 0 amide bonds. The summed E-state index contributed by atoms with van der Waals surface area (Å²) >= 11 is 3.65. The molecule has 1 N–H and O–H groups in total. The fraction of sp³-hybridized carbons (Fsp3) is 0.375. The van der Waals surface area contributed by atoms with E-state index in [1.165, 1.54) is 23.6 Å². The Bertz CT molecular complexity index is 751. The van der Waals surface area contributed by atoms with E-state index in [2.05, 4.69) is 21.1 Å². The third-order valence-electron chi connectivity index (χ3n) is 4.17. The Morgan fingerprint density at radius 3 is 2.64 bits per heavy atom. The van der Waals surface area contributed by atoms with Gasteiger partial charge in [0.25, 0.3) is 0 Å². The molecule has 0 bridgehead atoms. The highest BCUT2D eigenvalue weighted by Crippen LogP contribution is 2.45. The standard InChI is InChI=1S/C16H16BrNO4/c1-8-9-5-3-4-6-10(9)14(17)15(21-2)13(8)11-7-12(16(19)20)22-18-11/h7H,3-6H2,1-2H3,(H,19,20). The summed E-state index contributed by atoms with van der Waals surface area (Å²) in [6.07, 6.45) is 4.36. The predicted molar refractivity (Wildman–Crippen MR) is 84.5 cm³/mol. The van der Waals surface area contributed by atoms with Gasteiger partial charge in [0.15, 0.2) is 0 Å². The summed E-state index contributed by atoms with van der Waals surface area (Å²) in [6, 6.07) is 1.44. The van der Waals surface area contributed by atoms with Crippen molar-refractivity contribution in [3.05, 3.63) is 33.0 Å². The summed E-state index contributed by atoms with van der Waals surface area (Å²) in [5, 5.41) is 12.9. The molecule has 116 valence electrons. The molecule has 0 aliphatic heterocycles. The number of fused-ring (bicyclic) bond motifs is 1. The quantitative estimate of drug-likeness (QED) is 0.889. The van der Waals surface area contributed by atoms with Crippen molar-refractivity contribution in [2.45, 2.75) is 32.6 Å². The number of benzene rings is 1. The van der Waals surface area contributed by atoms with E-state index in [9.17, 15) is 4.79 Å². The third kappa shape index (κ3) is 2.31. The van der Waals surface area contributed by atoms with Crippen LogP contribution in [0.2, 0.25) is 0 Å². The fourth-order valence-electron chi connectivity index (χ4n) is 3.12. The van der Waals surface area contributed by atoms with Gasteiger partial charge in [0.1, 0.15) is 11.4 Å². The summed E-state index contributed by atoms with van der Waals surface area (Å²) in [7, 11) is 1.61. The van der Waals surface area contributed by atoms with Crippen molar-refractivity contribution in [2.24, 2.45) is 0 Å². The SMILES string of the molecule is COc1c(Br)c2c(c(C)c1-c1cc(C(=O)O)on1)CCCC2. The van der Waals surface area contributed by atoms with Crippen LogP contribution in [0.3, 0.4) is 0 Å². The van der Waals surface area contributed by atoms with Gasteiger partial charge in [-0.1, -0.05) is 5.16 Å². The van der Waals surface area contributed by atoms with Crippen molar-refractivity contribution >= 4 is 21.9 Å². The van der Waals surface area contributed by atoms with Crippen molar-refractivity contribution in [2.75, 3.05) is 7.11 Å². The lowest BCUT2D eigenvalue weighted by Crippen LogP contribution is -2.09. The van der Waals surface area contributed by atoms with Crippen molar-refractivity contribution in [3.63, 3.8) is 0 Å². The van der Waals surface area contributed by atoms with Crippen molar-refractivity contribution in [1.29, 1.82) is 0 Å². The van der Waals surface area contributed by atoms with Crippen LogP contribution in [0.15, 0.2) is 15.1 Å². The highest BCUT2D eigenvalue weighted by molar-refractivity contribution is 9.10. The normalized spacial score (nSPS) is 13.8. The van der Waals surface area contributed by atoms with Gasteiger partial charge < -0.3 is 14.4 Å². The van der Waals surface area contributed by atoms with Crippen LogP contribution in [0.4, 0.5) is 0 Å². The molecular formula is C16H16BrNO4. The number of carboxylic acids is 1. The van der Waals surface area contributed by atoms with Crippen LogP contribution in [0, 0.1) is 6.92 Å². The van der Waals surface area contributed by atoms with E-state index < -0.39 is 5.97 Å². The molecule has 0 saturated carbocycles. The molecule has 1 aromatic heterocycles. The Labute approximate surface area is 136 Å². The first-order valence-electron chi connectivity index (χ1n) is 7.12. The monoisotopic (exact) mass is 365 g/mol. The van der Waals surface area contributed by atoms with Crippen LogP contribution < -0.4 is 4.74 Å². The number of aromatic nitrogens is 1. The predicted octanol–water partition coefficient (Wildman–Crippen LogP) is 4.00. The third-order valence-corrected chi connectivity index (χ3v) is 5.01. The van der Waals surface area contributed by atoms with Crippen LogP contribution >= 0.6 is 15.9 Å². The van der Waals surface area contributed by atoms with E-state index in [4.69, 9.17) is 14.4 Å². The van der Waals surface area contributed by atoms with E-state index in [-0.39, 0.29) is 5.76 Å². The van der Waals surface area contributed by atoms with Gasteiger partial charge in [-0.2, -0.15) is 0 Å². The largest absolute Gasteiger partial charge is 0.495 e. The first kappa shape index (κ1) is 15.1. The van der Waals surface area contributed by atoms with Gasteiger partial charge in [-0.25, -0.2) is 4.79 Å². The molecule has 0 spiro atoms. The van der Waals surface area contributed by atoms with Crippen LogP contribution in [-0.2, 0) is 12.8 Å². The highest BCUT2D eigenvalue weighted by Gasteiger charge is 2.26. The number of nitrogens with zero attached hydrogens (tertiary/aromatic N) is 1. The zero-order chi connectivity index (χ0) is 15.9. The summed E-state index contributed by atoms with van der Waals surface area (Å²) in [5.74, 6) is -0.624. The molecule has 3 rings (SSSR count). The number of aromatic carboxylic acids is 1. The number of carbonyl (C=O) groups is 1. The topological polar surface area (TPSA) is 72.6 Å². The van der Waals surface area contributed by atoms with Gasteiger partial charge >= 0.3 is 5.97 Å². The van der Waals surface area contributed by atoms with E-state index in [1.807, 2.05) is 6.92 Å². The molecule has 5 nitrogen and oxygen atoms in total. The van der Waals surface area contributed by atoms with E-state index >= 15 is 0 Å². The average molecular weight is 366 g/mol. The lowest BCUT2D eigenvalue weighted by atomic mass is 9.85. The van der Waals surface area contributed by atoms with Crippen molar-refractivity contribution < 1.29 is 19.2 Å². The second-order valence-electron chi connectivity index (χ2n) is 5.39. The van der Waals surface area contributed by atoms with E-state index in [0.717, 1.165) is 34.9 Å². The average Bonchev–Trinajstić information content (AvgIpc) is 3.00. The first-order chi connectivity index (χ1) is 10.5. The number of methoxy groups -OCH3 is 1. The Hall–Kier alpha value is -1.82. The lowest BCUT2D eigenvalue weighted by Gasteiger charge is -2.24. The Morgan fingerprint density at radius 1 is 1.36 bits per heavy atom. The van der Waals surface area contributed by atoms with Gasteiger partial charge in [-0.05, 0) is 65.2 Å². The molecule has 1 aliphatic carbocycles. The van der Waals surface area contributed by atoms with Crippen LogP contribution in [0.5, 0.6) is 5.75 Å². The maximum absolute atomic E-state index is 11.0. The van der Waals surface area contributed by atoms with Crippen LogP contribution in [0.25, 0.3) is 11.3 Å². The zero-order valence-corrected chi connectivity index (χ0v) is 14.0. The van der Waals surface area contributed by atoms with E-state index in [1.54, 1.807) is 7.11 Å². The summed E-state index contributed by atoms with van der Waals surface area (Å²) in [4.78, 5) is 11.0. The number of hydrogen-bond acceptors (Lipinski definition) is 4. The fourth-order valence-corrected chi connectivity index (χ4v) is 3.92. The molecule has 6 heteroatoms. The first-order valence-corrected chi connectivity index (χ1v) is 7.92. The Morgan fingerprint density at radius 2 is 2.05 bits per heavy atom. The van der Waals surface area contributed by atoms with Gasteiger partial charge in [-0.3, -0.25) is 0 Å². The summed E-state index contributed by atoms with van der Waals surface area (Å²) in [6.45, 7) is 2.03. The molecule has 1 aromatic carbocycles. The minimum absolute atomic E-state index is 0.176. The number of halogens is 1. The summed E-state index contributed by atoms with van der Waals surface area (Å²) in [5.41, 5.74) is 4.95.